The third kappa shape index (κ3) is 3.04. The number of carbonyl (C=O) groups is 2. The van der Waals surface area contributed by atoms with Crippen molar-refractivity contribution in [3.8, 4) is 0 Å². The minimum absolute atomic E-state index is 0.449. The molecule has 1 aliphatic carbocycles. The number of anilines is 1. The summed E-state index contributed by atoms with van der Waals surface area (Å²) in [6, 6.07) is 4.88. The van der Waals surface area contributed by atoms with Gasteiger partial charge in [-0.05, 0) is 37.5 Å². The highest BCUT2D eigenvalue weighted by atomic mass is 35.5. The highest BCUT2D eigenvalue weighted by Gasteiger charge is 2.40. The number of primary amides is 1. The van der Waals surface area contributed by atoms with E-state index in [4.69, 9.17) is 17.3 Å². The summed E-state index contributed by atoms with van der Waals surface area (Å²) in [5.74, 6) is -0.486. The fourth-order valence-corrected chi connectivity index (χ4v) is 2.68. The largest absolute Gasteiger partial charge is 0.368 e. The number of carbonyl (C=O) groups excluding carboxylic acids is 2. The van der Waals surface area contributed by atoms with Crippen LogP contribution in [-0.4, -0.2) is 17.5 Å². The third-order valence-electron chi connectivity index (χ3n) is 3.65. The number of hydrogen-bond acceptors (Lipinski definition) is 2. The lowest BCUT2D eigenvalue weighted by Gasteiger charge is -2.26. The van der Waals surface area contributed by atoms with Crippen molar-refractivity contribution in [1.29, 1.82) is 0 Å². The molecule has 1 fully saturated rings. The minimum Gasteiger partial charge on any atom is -0.368 e. The van der Waals surface area contributed by atoms with Crippen LogP contribution in [0.15, 0.2) is 18.2 Å². The number of aryl methyl sites for hydroxylation is 1. The van der Waals surface area contributed by atoms with Gasteiger partial charge in [0, 0.05) is 0 Å². The van der Waals surface area contributed by atoms with Crippen molar-refractivity contribution >= 4 is 29.2 Å². The van der Waals surface area contributed by atoms with Crippen LogP contribution < -0.4 is 16.4 Å². The van der Waals surface area contributed by atoms with Crippen LogP contribution in [0.3, 0.4) is 0 Å². The molecule has 0 aliphatic heterocycles. The summed E-state index contributed by atoms with van der Waals surface area (Å²) in [6.45, 7) is 1.90. The average molecular weight is 296 g/mol. The fourth-order valence-electron chi connectivity index (χ4n) is 2.52. The standard InChI is InChI=1S/C14H18ClN3O2/c1-9-4-5-10(15)11(8-9)17-13(20)18-14(12(16)19)6-2-3-7-14/h4-5,8H,2-3,6-7H2,1H3,(H2,16,19)(H2,17,18,20). The molecule has 0 spiro atoms. The molecule has 0 unspecified atom stereocenters. The van der Waals surface area contributed by atoms with E-state index in [0.717, 1.165) is 18.4 Å². The summed E-state index contributed by atoms with van der Waals surface area (Å²) in [5.41, 5.74) is 5.99. The van der Waals surface area contributed by atoms with E-state index in [2.05, 4.69) is 10.6 Å². The second-order valence-corrected chi connectivity index (χ2v) is 5.62. The van der Waals surface area contributed by atoms with Gasteiger partial charge < -0.3 is 16.4 Å². The second-order valence-electron chi connectivity index (χ2n) is 5.22. The zero-order chi connectivity index (χ0) is 14.8. The van der Waals surface area contributed by atoms with Gasteiger partial charge in [-0.2, -0.15) is 0 Å². The first kappa shape index (κ1) is 14.7. The van der Waals surface area contributed by atoms with Gasteiger partial charge in [-0.15, -0.1) is 0 Å². The van der Waals surface area contributed by atoms with Gasteiger partial charge >= 0.3 is 6.03 Å². The molecule has 1 aromatic carbocycles. The topological polar surface area (TPSA) is 84.2 Å². The monoisotopic (exact) mass is 295 g/mol. The molecule has 1 aromatic rings. The van der Waals surface area contributed by atoms with Gasteiger partial charge in [0.25, 0.3) is 0 Å². The Bertz CT molecular complexity index is 539. The van der Waals surface area contributed by atoms with Crippen LogP contribution >= 0.6 is 11.6 Å². The zero-order valence-electron chi connectivity index (χ0n) is 11.3. The van der Waals surface area contributed by atoms with Gasteiger partial charge in [-0.25, -0.2) is 4.79 Å². The van der Waals surface area contributed by atoms with Crippen molar-refractivity contribution in [2.45, 2.75) is 38.1 Å². The zero-order valence-corrected chi connectivity index (χ0v) is 12.1. The number of benzene rings is 1. The van der Waals surface area contributed by atoms with Crippen LogP contribution in [0.1, 0.15) is 31.2 Å². The highest BCUT2D eigenvalue weighted by molar-refractivity contribution is 6.33. The summed E-state index contributed by atoms with van der Waals surface area (Å²) in [7, 11) is 0. The molecule has 1 saturated carbocycles. The third-order valence-corrected chi connectivity index (χ3v) is 3.98. The smallest absolute Gasteiger partial charge is 0.320 e. The lowest BCUT2D eigenvalue weighted by atomic mass is 9.97. The number of hydrogen-bond donors (Lipinski definition) is 3. The molecule has 0 atom stereocenters. The predicted molar refractivity (Wildman–Crippen MR) is 78.7 cm³/mol. The first-order valence-corrected chi connectivity index (χ1v) is 6.96. The molecular formula is C14H18ClN3O2. The SMILES string of the molecule is Cc1ccc(Cl)c(NC(=O)NC2(C(N)=O)CCCC2)c1. The Balaban J connectivity index is 2.08. The van der Waals surface area contributed by atoms with E-state index in [1.807, 2.05) is 13.0 Å². The van der Waals surface area contributed by atoms with E-state index >= 15 is 0 Å². The van der Waals surface area contributed by atoms with E-state index < -0.39 is 17.5 Å². The maximum absolute atomic E-state index is 12.1. The Morgan fingerprint density at radius 2 is 1.95 bits per heavy atom. The van der Waals surface area contributed by atoms with Crippen molar-refractivity contribution < 1.29 is 9.59 Å². The molecule has 108 valence electrons. The molecule has 0 radical (unpaired) electrons. The Hall–Kier alpha value is -1.75. The van der Waals surface area contributed by atoms with Crippen LogP contribution in [0.25, 0.3) is 0 Å². The molecule has 0 aromatic heterocycles. The summed E-state index contributed by atoms with van der Waals surface area (Å²) >= 11 is 6.02. The Morgan fingerprint density at radius 3 is 2.55 bits per heavy atom. The molecule has 4 N–H and O–H groups in total. The number of rotatable bonds is 3. The van der Waals surface area contributed by atoms with Gasteiger partial charge in [0.15, 0.2) is 0 Å². The van der Waals surface area contributed by atoms with Crippen LogP contribution in [0.5, 0.6) is 0 Å². The molecule has 3 amide bonds. The average Bonchev–Trinajstić information content (AvgIpc) is 2.83. The molecular weight excluding hydrogens is 278 g/mol. The van der Waals surface area contributed by atoms with E-state index in [9.17, 15) is 9.59 Å². The molecule has 6 heteroatoms. The van der Waals surface area contributed by atoms with E-state index in [1.165, 1.54) is 0 Å². The Kier molecular flexibility index (Phi) is 4.18. The molecule has 1 aliphatic rings. The normalized spacial score (nSPS) is 16.7. The Morgan fingerprint density at radius 1 is 1.30 bits per heavy atom. The fraction of sp³-hybridized carbons (Fsp3) is 0.429. The molecule has 2 rings (SSSR count). The second kappa shape index (κ2) is 5.71. The van der Waals surface area contributed by atoms with Gasteiger partial charge in [0.05, 0.1) is 10.7 Å². The Labute approximate surface area is 122 Å². The van der Waals surface area contributed by atoms with Crippen LogP contribution in [-0.2, 0) is 4.79 Å². The van der Waals surface area contributed by atoms with Gasteiger partial charge in [0.1, 0.15) is 5.54 Å². The highest BCUT2D eigenvalue weighted by Crippen LogP contribution is 2.30. The van der Waals surface area contributed by atoms with Crippen LogP contribution in [0.4, 0.5) is 10.5 Å². The van der Waals surface area contributed by atoms with Crippen molar-refractivity contribution in [2.24, 2.45) is 5.73 Å². The van der Waals surface area contributed by atoms with Gasteiger partial charge in [-0.1, -0.05) is 30.5 Å². The molecule has 20 heavy (non-hydrogen) atoms. The van der Waals surface area contributed by atoms with Crippen LogP contribution in [0, 0.1) is 6.92 Å². The summed E-state index contributed by atoms with van der Waals surface area (Å²) < 4.78 is 0. The maximum Gasteiger partial charge on any atom is 0.320 e. The number of halogens is 1. The predicted octanol–water partition coefficient (Wildman–Crippen LogP) is 2.57. The van der Waals surface area contributed by atoms with E-state index in [0.29, 0.717) is 23.6 Å². The quantitative estimate of drug-likeness (QED) is 0.800. The van der Waals surface area contributed by atoms with E-state index in [-0.39, 0.29) is 0 Å². The summed E-state index contributed by atoms with van der Waals surface area (Å²) in [6.07, 6.45) is 2.93. The van der Waals surface area contributed by atoms with Gasteiger partial charge in [0.2, 0.25) is 5.91 Å². The van der Waals surface area contributed by atoms with Crippen molar-refractivity contribution in [3.05, 3.63) is 28.8 Å². The lowest BCUT2D eigenvalue weighted by Crippen LogP contribution is -2.56. The minimum atomic E-state index is -0.930. The first-order valence-electron chi connectivity index (χ1n) is 6.58. The van der Waals surface area contributed by atoms with E-state index in [1.54, 1.807) is 12.1 Å². The molecule has 0 saturated heterocycles. The van der Waals surface area contributed by atoms with Gasteiger partial charge in [-0.3, -0.25) is 4.79 Å². The summed E-state index contributed by atoms with van der Waals surface area (Å²) in [4.78, 5) is 23.6. The van der Waals surface area contributed by atoms with Crippen LogP contribution in [0.2, 0.25) is 5.02 Å². The first-order chi connectivity index (χ1) is 9.43. The molecule has 0 bridgehead atoms. The summed E-state index contributed by atoms with van der Waals surface area (Å²) in [5, 5.41) is 5.82. The number of nitrogens with one attached hydrogen (secondary N) is 2. The van der Waals surface area contributed by atoms with Crippen molar-refractivity contribution in [1.82, 2.24) is 5.32 Å². The number of urea groups is 1. The molecule has 0 heterocycles. The molecule has 5 nitrogen and oxygen atoms in total. The number of nitrogens with two attached hydrogens (primary N) is 1. The van der Waals surface area contributed by atoms with Crippen molar-refractivity contribution in [3.63, 3.8) is 0 Å². The number of amides is 3. The lowest BCUT2D eigenvalue weighted by molar-refractivity contribution is -0.123. The maximum atomic E-state index is 12.1. The van der Waals surface area contributed by atoms with Crippen molar-refractivity contribution in [2.75, 3.05) is 5.32 Å².